The molecule has 1 N–H and O–H groups in total. The number of carbonyl (C=O) groups is 1. The van der Waals surface area contributed by atoms with Crippen molar-refractivity contribution in [2.24, 2.45) is 0 Å². The molecule has 0 atom stereocenters. The minimum absolute atomic E-state index is 0.145. The highest BCUT2D eigenvalue weighted by Crippen LogP contribution is 2.14. The Kier molecular flexibility index (Phi) is 3.23. The first-order chi connectivity index (χ1) is 10.2. The molecule has 0 amide bonds. The van der Waals surface area contributed by atoms with Gasteiger partial charge in [-0.1, -0.05) is 30.3 Å². The Hall–Kier alpha value is -2.95. The Bertz CT molecular complexity index is 884. The van der Waals surface area contributed by atoms with Crippen LogP contribution in [0.4, 0.5) is 0 Å². The fourth-order valence-electron chi connectivity index (χ4n) is 2.32. The van der Waals surface area contributed by atoms with Crippen molar-refractivity contribution in [3.05, 3.63) is 76.1 Å². The van der Waals surface area contributed by atoms with Gasteiger partial charge in [-0.15, -0.1) is 0 Å². The van der Waals surface area contributed by atoms with Gasteiger partial charge in [-0.25, -0.2) is 4.79 Å². The number of benzene rings is 2. The van der Waals surface area contributed by atoms with Gasteiger partial charge in [-0.05, 0) is 23.8 Å². The molecule has 0 spiro atoms. The molecule has 0 unspecified atom stereocenters. The molecule has 0 fully saturated rings. The standard InChI is InChI=1S/C16H12N2O3/c19-15-9-17-18(14-8-4-3-7-13(14)15)10-11-5-1-2-6-12(11)16(20)21/h1-9H,10H2,(H,20,21). The lowest BCUT2D eigenvalue weighted by molar-refractivity contribution is 0.0695. The van der Waals surface area contributed by atoms with Crippen LogP contribution in [0.2, 0.25) is 0 Å². The Morgan fingerprint density at radius 1 is 1.10 bits per heavy atom. The number of hydrogen-bond acceptors (Lipinski definition) is 3. The third-order valence-corrected chi connectivity index (χ3v) is 3.33. The number of aromatic nitrogens is 2. The lowest BCUT2D eigenvalue weighted by Crippen LogP contribution is -2.14. The van der Waals surface area contributed by atoms with Crippen LogP contribution in [-0.2, 0) is 6.54 Å². The van der Waals surface area contributed by atoms with Crippen LogP contribution in [0, 0.1) is 0 Å². The summed E-state index contributed by atoms with van der Waals surface area (Å²) >= 11 is 0. The van der Waals surface area contributed by atoms with Crippen LogP contribution in [0.25, 0.3) is 10.9 Å². The van der Waals surface area contributed by atoms with Crippen LogP contribution in [0.15, 0.2) is 59.5 Å². The number of carboxylic acid groups (broad SMARTS) is 1. The third kappa shape index (κ3) is 2.41. The van der Waals surface area contributed by atoms with Gasteiger partial charge in [0, 0.05) is 5.39 Å². The summed E-state index contributed by atoms with van der Waals surface area (Å²) in [6.45, 7) is 0.295. The van der Waals surface area contributed by atoms with E-state index in [9.17, 15) is 14.7 Å². The lowest BCUT2D eigenvalue weighted by Gasteiger charge is -2.11. The topological polar surface area (TPSA) is 72.2 Å². The van der Waals surface area contributed by atoms with Gasteiger partial charge < -0.3 is 5.11 Å². The highest BCUT2D eigenvalue weighted by atomic mass is 16.4. The van der Waals surface area contributed by atoms with Gasteiger partial charge in [0.05, 0.1) is 23.8 Å². The predicted molar refractivity (Wildman–Crippen MR) is 78.5 cm³/mol. The molecule has 0 bridgehead atoms. The first-order valence-corrected chi connectivity index (χ1v) is 6.43. The monoisotopic (exact) mass is 280 g/mol. The SMILES string of the molecule is O=C(O)c1ccccc1Cn1ncc(=O)c2ccccc21. The van der Waals surface area contributed by atoms with E-state index < -0.39 is 5.97 Å². The molecule has 0 aliphatic rings. The van der Waals surface area contributed by atoms with E-state index in [1.165, 1.54) is 6.20 Å². The van der Waals surface area contributed by atoms with Crippen molar-refractivity contribution in [3.8, 4) is 0 Å². The van der Waals surface area contributed by atoms with Crippen molar-refractivity contribution in [2.45, 2.75) is 6.54 Å². The largest absolute Gasteiger partial charge is 0.478 e. The molecule has 3 rings (SSSR count). The lowest BCUT2D eigenvalue weighted by atomic mass is 10.1. The molecule has 0 saturated carbocycles. The van der Waals surface area contributed by atoms with Crippen LogP contribution in [-0.4, -0.2) is 20.9 Å². The normalized spacial score (nSPS) is 10.7. The first kappa shape index (κ1) is 13.1. The molecule has 3 aromatic rings. The quantitative estimate of drug-likeness (QED) is 0.797. The number of fused-ring (bicyclic) bond motifs is 1. The van der Waals surface area contributed by atoms with Gasteiger partial charge in [-0.2, -0.15) is 5.10 Å². The molecule has 1 aromatic heterocycles. The van der Waals surface area contributed by atoms with E-state index in [-0.39, 0.29) is 11.0 Å². The summed E-state index contributed by atoms with van der Waals surface area (Å²) in [6, 6.07) is 13.9. The van der Waals surface area contributed by atoms with Crippen LogP contribution in [0.3, 0.4) is 0 Å². The summed E-state index contributed by atoms with van der Waals surface area (Å²) in [7, 11) is 0. The zero-order valence-corrected chi connectivity index (χ0v) is 11.1. The van der Waals surface area contributed by atoms with E-state index in [2.05, 4.69) is 5.10 Å². The number of aromatic carboxylic acids is 1. The van der Waals surface area contributed by atoms with Gasteiger partial charge in [0.25, 0.3) is 0 Å². The molecule has 0 radical (unpaired) electrons. The van der Waals surface area contributed by atoms with Crippen molar-refractivity contribution in [1.29, 1.82) is 0 Å². The number of para-hydroxylation sites is 1. The summed E-state index contributed by atoms with van der Waals surface area (Å²) in [4.78, 5) is 23.0. The Morgan fingerprint density at radius 2 is 1.81 bits per heavy atom. The van der Waals surface area contributed by atoms with E-state index in [4.69, 9.17) is 0 Å². The first-order valence-electron chi connectivity index (χ1n) is 6.43. The van der Waals surface area contributed by atoms with Crippen molar-refractivity contribution >= 4 is 16.9 Å². The zero-order valence-electron chi connectivity index (χ0n) is 11.1. The minimum atomic E-state index is -0.976. The van der Waals surface area contributed by atoms with Crippen LogP contribution >= 0.6 is 0 Å². The second-order valence-corrected chi connectivity index (χ2v) is 4.65. The van der Waals surface area contributed by atoms with Crippen molar-refractivity contribution in [3.63, 3.8) is 0 Å². The summed E-state index contributed by atoms with van der Waals surface area (Å²) < 4.78 is 1.64. The van der Waals surface area contributed by atoms with E-state index in [1.807, 2.05) is 6.07 Å². The van der Waals surface area contributed by atoms with E-state index in [0.717, 1.165) is 0 Å². The van der Waals surface area contributed by atoms with Crippen molar-refractivity contribution in [2.75, 3.05) is 0 Å². The van der Waals surface area contributed by atoms with Gasteiger partial charge in [0.2, 0.25) is 5.43 Å². The average molecular weight is 280 g/mol. The maximum atomic E-state index is 11.8. The van der Waals surface area contributed by atoms with Gasteiger partial charge in [0.15, 0.2) is 0 Å². The molecule has 104 valence electrons. The minimum Gasteiger partial charge on any atom is -0.478 e. The number of hydrogen-bond donors (Lipinski definition) is 1. The molecule has 0 saturated heterocycles. The van der Waals surface area contributed by atoms with Crippen molar-refractivity contribution < 1.29 is 9.90 Å². The Labute approximate surface area is 120 Å². The highest BCUT2D eigenvalue weighted by Gasteiger charge is 2.11. The smallest absolute Gasteiger partial charge is 0.336 e. The van der Waals surface area contributed by atoms with E-state index in [1.54, 1.807) is 47.1 Å². The molecule has 0 aliphatic carbocycles. The Balaban J connectivity index is 2.14. The fraction of sp³-hybridized carbons (Fsp3) is 0.0625. The van der Waals surface area contributed by atoms with Gasteiger partial charge >= 0.3 is 5.97 Å². The van der Waals surface area contributed by atoms with Crippen LogP contribution < -0.4 is 5.43 Å². The molecule has 21 heavy (non-hydrogen) atoms. The molecule has 2 aromatic carbocycles. The molecular formula is C16H12N2O3. The van der Waals surface area contributed by atoms with E-state index >= 15 is 0 Å². The summed E-state index contributed by atoms with van der Waals surface area (Å²) in [5, 5.41) is 13.9. The maximum Gasteiger partial charge on any atom is 0.336 e. The molecule has 0 aliphatic heterocycles. The maximum absolute atomic E-state index is 11.8. The van der Waals surface area contributed by atoms with Gasteiger partial charge in [0.1, 0.15) is 0 Å². The molecular weight excluding hydrogens is 268 g/mol. The average Bonchev–Trinajstić information content (AvgIpc) is 2.51. The number of rotatable bonds is 3. The van der Waals surface area contributed by atoms with Crippen LogP contribution in [0.5, 0.6) is 0 Å². The second-order valence-electron chi connectivity index (χ2n) is 4.65. The summed E-state index contributed by atoms with van der Waals surface area (Å²) in [5.74, 6) is -0.976. The summed E-state index contributed by atoms with van der Waals surface area (Å²) in [5.41, 5.74) is 1.42. The van der Waals surface area contributed by atoms with E-state index in [0.29, 0.717) is 23.0 Å². The fourth-order valence-corrected chi connectivity index (χ4v) is 2.32. The second kappa shape index (κ2) is 5.20. The van der Waals surface area contributed by atoms with Crippen LogP contribution in [0.1, 0.15) is 15.9 Å². The predicted octanol–water partition coefficient (Wildman–Crippen LogP) is 2.14. The molecule has 5 nitrogen and oxygen atoms in total. The number of nitrogens with zero attached hydrogens (tertiary/aromatic N) is 2. The summed E-state index contributed by atoms with van der Waals surface area (Å²) in [6.07, 6.45) is 1.26. The highest BCUT2D eigenvalue weighted by molar-refractivity contribution is 5.89. The zero-order chi connectivity index (χ0) is 14.8. The third-order valence-electron chi connectivity index (χ3n) is 3.33. The molecule has 5 heteroatoms. The number of carboxylic acids is 1. The van der Waals surface area contributed by atoms with Gasteiger partial charge in [-0.3, -0.25) is 9.48 Å². The van der Waals surface area contributed by atoms with Crippen molar-refractivity contribution in [1.82, 2.24) is 9.78 Å². The molecule has 1 heterocycles. The Morgan fingerprint density at radius 3 is 2.62 bits per heavy atom.